The minimum Gasteiger partial charge on any atom is -0.208 e. The van der Waals surface area contributed by atoms with Crippen LogP contribution in [0.2, 0.25) is 0 Å². The highest BCUT2D eigenvalue weighted by Gasteiger charge is 2.43. The lowest BCUT2D eigenvalue weighted by molar-refractivity contribution is 1.07. The fraction of sp³-hybridized carbons (Fsp3) is 0.0426. The Morgan fingerprint density at radius 3 is 1.37 bits per heavy atom. The number of aromatic nitrogens is 3. The second-order valence-corrected chi connectivity index (χ2v) is 16.1. The number of fused-ring (bicyclic) bond motifs is 3. The number of nitrogens with zero attached hydrogens (tertiary/aromatic N) is 3. The Hall–Kier alpha value is -6.10. The van der Waals surface area contributed by atoms with Crippen LogP contribution in [0.4, 0.5) is 0 Å². The van der Waals surface area contributed by atoms with E-state index in [0.29, 0.717) is 17.5 Å². The Morgan fingerprint density at radius 1 is 0.333 bits per heavy atom. The molecule has 1 aromatic heterocycles. The maximum absolute atomic E-state index is 5.26. The van der Waals surface area contributed by atoms with Gasteiger partial charge in [0.25, 0.3) is 0 Å². The predicted octanol–water partition coefficient (Wildman–Crippen LogP) is 12.5. The highest BCUT2D eigenvalue weighted by molar-refractivity contribution is 8.34. The molecule has 0 saturated heterocycles. The van der Waals surface area contributed by atoms with Gasteiger partial charge in [0.2, 0.25) is 0 Å². The molecule has 2 heterocycles. The molecule has 0 amide bonds. The predicted molar refractivity (Wildman–Crippen MR) is 210 cm³/mol. The average molecular weight is 674 g/mol. The van der Waals surface area contributed by atoms with Crippen molar-refractivity contribution in [1.82, 2.24) is 15.0 Å². The molecule has 0 aliphatic carbocycles. The van der Waals surface area contributed by atoms with Crippen molar-refractivity contribution >= 4 is 10.0 Å². The van der Waals surface area contributed by atoms with E-state index in [-0.39, 0.29) is 0 Å². The molecule has 9 rings (SSSR count). The minimum absolute atomic E-state index is 0.651. The first kappa shape index (κ1) is 30.9. The second-order valence-electron chi connectivity index (χ2n) is 13.0. The van der Waals surface area contributed by atoms with Crippen LogP contribution >= 0.6 is 10.0 Å². The van der Waals surface area contributed by atoms with Crippen molar-refractivity contribution in [1.29, 1.82) is 0 Å². The molecule has 0 atom stereocenters. The number of benzene rings is 7. The summed E-state index contributed by atoms with van der Waals surface area (Å²) in [6.45, 7) is 4.31. The molecule has 0 N–H and O–H groups in total. The SMILES string of the molecule is Cc1ccc(S2(c3ccc(C)cc3)c3ccccc3-c3c(-c4nc(-c5ccccc5)nc(-c5ccc(-c6ccccc6)cc5)n4)cccc32)cc1. The summed E-state index contributed by atoms with van der Waals surface area (Å²) in [5, 5.41) is 0. The molecule has 0 saturated carbocycles. The third kappa shape index (κ3) is 5.27. The first-order chi connectivity index (χ1) is 25.1. The number of hydrogen-bond acceptors (Lipinski definition) is 3. The molecule has 51 heavy (non-hydrogen) atoms. The molecule has 8 aromatic rings. The van der Waals surface area contributed by atoms with Crippen LogP contribution in [0.25, 0.3) is 56.4 Å². The number of hydrogen-bond donors (Lipinski definition) is 0. The zero-order chi connectivity index (χ0) is 34.4. The lowest BCUT2D eigenvalue weighted by atomic mass is 9.99. The normalized spacial score (nSPS) is 13.3. The Bertz CT molecular complexity index is 2460. The van der Waals surface area contributed by atoms with Gasteiger partial charge in [-0.3, -0.25) is 0 Å². The molecule has 0 fully saturated rings. The third-order valence-electron chi connectivity index (χ3n) is 9.75. The summed E-state index contributed by atoms with van der Waals surface area (Å²) in [5.41, 5.74) is 10.2. The summed E-state index contributed by atoms with van der Waals surface area (Å²) in [7, 11) is -1.83. The van der Waals surface area contributed by atoms with Gasteiger partial charge in [-0.1, -0.05) is 151 Å². The van der Waals surface area contributed by atoms with E-state index in [1.807, 2.05) is 24.3 Å². The van der Waals surface area contributed by atoms with E-state index >= 15 is 0 Å². The Kier molecular flexibility index (Phi) is 7.67. The summed E-state index contributed by atoms with van der Waals surface area (Å²) in [6.07, 6.45) is 0. The van der Waals surface area contributed by atoms with E-state index in [1.165, 1.54) is 47.4 Å². The van der Waals surface area contributed by atoms with Gasteiger partial charge in [0.05, 0.1) is 0 Å². The van der Waals surface area contributed by atoms with Crippen molar-refractivity contribution < 1.29 is 0 Å². The van der Waals surface area contributed by atoms with Crippen molar-refractivity contribution in [3.05, 3.63) is 187 Å². The van der Waals surface area contributed by atoms with Gasteiger partial charge in [0.15, 0.2) is 17.5 Å². The molecule has 0 bridgehead atoms. The maximum atomic E-state index is 5.26. The minimum atomic E-state index is -1.83. The van der Waals surface area contributed by atoms with E-state index in [1.54, 1.807) is 0 Å². The zero-order valence-corrected chi connectivity index (χ0v) is 29.3. The quantitative estimate of drug-likeness (QED) is 0.176. The molecule has 0 unspecified atom stereocenters. The summed E-state index contributed by atoms with van der Waals surface area (Å²) in [6, 6.07) is 63.1. The van der Waals surface area contributed by atoms with Crippen LogP contribution < -0.4 is 0 Å². The topological polar surface area (TPSA) is 38.7 Å². The smallest absolute Gasteiger partial charge is 0.164 e. The largest absolute Gasteiger partial charge is 0.208 e. The molecular formula is C47H35N3S. The van der Waals surface area contributed by atoms with E-state index in [2.05, 4.69) is 166 Å². The lowest BCUT2D eigenvalue weighted by Crippen LogP contribution is -2.03. The highest BCUT2D eigenvalue weighted by Crippen LogP contribution is 2.80. The molecule has 0 radical (unpaired) electrons. The van der Waals surface area contributed by atoms with E-state index in [0.717, 1.165) is 22.3 Å². The Balaban J connectivity index is 1.29. The van der Waals surface area contributed by atoms with Crippen LogP contribution in [-0.2, 0) is 0 Å². The highest BCUT2D eigenvalue weighted by atomic mass is 32.3. The van der Waals surface area contributed by atoms with E-state index in [9.17, 15) is 0 Å². The number of aryl methyl sites for hydroxylation is 2. The van der Waals surface area contributed by atoms with Gasteiger partial charge in [-0.15, -0.1) is 10.0 Å². The van der Waals surface area contributed by atoms with Gasteiger partial charge >= 0.3 is 0 Å². The van der Waals surface area contributed by atoms with Gasteiger partial charge in [0, 0.05) is 41.8 Å². The fourth-order valence-electron chi connectivity index (χ4n) is 7.22. The van der Waals surface area contributed by atoms with Crippen LogP contribution in [0.1, 0.15) is 11.1 Å². The summed E-state index contributed by atoms with van der Waals surface area (Å²) in [5.74, 6) is 1.97. The molecule has 4 heteroatoms. The van der Waals surface area contributed by atoms with E-state index in [4.69, 9.17) is 15.0 Å². The molecular weight excluding hydrogens is 639 g/mol. The van der Waals surface area contributed by atoms with Crippen molar-refractivity contribution in [2.45, 2.75) is 33.4 Å². The van der Waals surface area contributed by atoms with Crippen LogP contribution in [0.3, 0.4) is 0 Å². The molecule has 0 spiro atoms. The molecule has 1 aliphatic rings. The first-order valence-corrected chi connectivity index (χ1v) is 18.9. The molecule has 244 valence electrons. The first-order valence-electron chi connectivity index (χ1n) is 17.3. The standard InChI is InChI=1S/C47H35N3S/c1-32-20-28-38(29-21-32)51(39-30-22-33(2)23-31-39)42-18-10-9-16-40(42)44-41(17-11-19-43(44)51)47-49-45(36-14-7-4-8-15-36)48-46(50-47)37-26-24-35(25-27-37)34-12-5-3-6-13-34/h3-31H,1-2H3. The van der Waals surface area contributed by atoms with Gasteiger partial charge in [-0.2, -0.15) is 0 Å². The van der Waals surface area contributed by atoms with Crippen molar-refractivity contribution in [2.24, 2.45) is 0 Å². The fourth-order valence-corrected chi connectivity index (χ4v) is 11.4. The van der Waals surface area contributed by atoms with Crippen LogP contribution in [0.15, 0.2) is 196 Å². The zero-order valence-electron chi connectivity index (χ0n) is 28.5. The monoisotopic (exact) mass is 673 g/mol. The number of rotatable bonds is 6. The molecule has 3 nitrogen and oxygen atoms in total. The third-order valence-corrected chi connectivity index (χ3v) is 13.7. The molecule has 7 aromatic carbocycles. The second kappa shape index (κ2) is 12.7. The average Bonchev–Trinajstić information content (AvgIpc) is 3.50. The maximum Gasteiger partial charge on any atom is 0.164 e. The van der Waals surface area contributed by atoms with E-state index < -0.39 is 10.0 Å². The summed E-state index contributed by atoms with van der Waals surface area (Å²) in [4.78, 5) is 20.8. The van der Waals surface area contributed by atoms with Crippen LogP contribution in [0.5, 0.6) is 0 Å². The van der Waals surface area contributed by atoms with Crippen molar-refractivity contribution in [2.75, 3.05) is 0 Å². The summed E-state index contributed by atoms with van der Waals surface area (Å²) >= 11 is 0. The Labute approximate surface area is 300 Å². The van der Waals surface area contributed by atoms with Gasteiger partial charge in [0.1, 0.15) is 0 Å². The van der Waals surface area contributed by atoms with Crippen LogP contribution in [-0.4, -0.2) is 15.0 Å². The van der Waals surface area contributed by atoms with Gasteiger partial charge in [-0.05, 0) is 66.9 Å². The van der Waals surface area contributed by atoms with Crippen molar-refractivity contribution in [3.63, 3.8) is 0 Å². The molecule has 1 aliphatic heterocycles. The van der Waals surface area contributed by atoms with Crippen molar-refractivity contribution in [3.8, 4) is 56.4 Å². The van der Waals surface area contributed by atoms with Crippen LogP contribution in [0, 0.1) is 13.8 Å². The van der Waals surface area contributed by atoms with Gasteiger partial charge < -0.3 is 0 Å². The Morgan fingerprint density at radius 2 is 0.765 bits per heavy atom. The lowest BCUT2D eigenvalue weighted by Gasteiger charge is -2.39. The summed E-state index contributed by atoms with van der Waals surface area (Å²) < 4.78 is 0. The van der Waals surface area contributed by atoms with Gasteiger partial charge in [-0.25, -0.2) is 15.0 Å².